The van der Waals surface area contributed by atoms with E-state index < -0.39 is 17.6 Å². The van der Waals surface area contributed by atoms with Crippen LogP contribution in [0.1, 0.15) is 16.7 Å². The van der Waals surface area contributed by atoms with Crippen LogP contribution < -0.4 is 4.90 Å². The molecular formula is C18H13Cl2NO3. The molecule has 2 amide bonds. The molecule has 0 spiro atoms. The molecule has 0 aromatic heterocycles. The molecule has 0 fully saturated rings. The maximum Gasteiger partial charge on any atom is 0.301 e. The van der Waals surface area contributed by atoms with E-state index in [0.29, 0.717) is 10.7 Å². The SMILES string of the molecule is Cc1ccc(N2C(=O)C(O)=C(c3ccc(Cl)cc3Cl)C2=O)cc1C. The van der Waals surface area contributed by atoms with Crippen molar-refractivity contribution in [1.29, 1.82) is 0 Å². The van der Waals surface area contributed by atoms with E-state index in [1.54, 1.807) is 18.2 Å². The number of halogens is 2. The molecule has 1 aliphatic heterocycles. The van der Waals surface area contributed by atoms with E-state index >= 15 is 0 Å². The van der Waals surface area contributed by atoms with Gasteiger partial charge in [-0.05, 0) is 49.2 Å². The van der Waals surface area contributed by atoms with E-state index in [2.05, 4.69) is 0 Å². The smallest absolute Gasteiger partial charge is 0.301 e. The summed E-state index contributed by atoms with van der Waals surface area (Å²) in [6.45, 7) is 3.81. The molecule has 2 aromatic rings. The Morgan fingerprint density at radius 2 is 1.62 bits per heavy atom. The van der Waals surface area contributed by atoms with E-state index in [1.165, 1.54) is 12.1 Å². The van der Waals surface area contributed by atoms with Crippen LogP contribution in [0.15, 0.2) is 42.2 Å². The summed E-state index contributed by atoms with van der Waals surface area (Å²) in [4.78, 5) is 26.1. The average molecular weight is 362 g/mol. The normalized spacial score (nSPS) is 14.8. The van der Waals surface area contributed by atoms with Gasteiger partial charge in [-0.25, -0.2) is 4.90 Å². The van der Waals surface area contributed by atoms with Crippen molar-refractivity contribution < 1.29 is 14.7 Å². The van der Waals surface area contributed by atoms with Gasteiger partial charge in [0.05, 0.1) is 16.3 Å². The van der Waals surface area contributed by atoms with E-state index in [0.717, 1.165) is 16.0 Å². The Hall–Kier alpha value is -2.30. The van der Waals surface area contributed by atoms with Crippen LogP contribution in [0, 0.1) is 13.8 Å². The number of carbonyl (C=O) groups excluding carboxylic acids is 2. The van der Waals surface area contributed by atoms with Gasteiger partial charge in [-0.15, -0.1) is 0 Å². The van der Waals surface area contributed by atoms with Crippen LogP contribution in [-0.2, 0) is 9.59 Å². The number of carbonyl (C=O) groups is 2. The first kappa shape index (κ1) is 16.6. The molecule has 0 unspecified atom stereocenters. The highest BCUT2D eigenvalue weighted by atomic mass is 35.5. The predicted molar refractivity (Wildman–Crippen MR) is 94.4 cm³/mol. The second kappa shape index (κ2) is 5.96. The second-order valence-electron chi connectivity index (χ2n) is 5.56. The van der Waals surface area contributed by atoms with Gasteiger partial charge in [-0.2, -0.15) is 0 Å². The highest BCUT2D eigenvalue weighted by Crippen LogP contribution is 2.36. The number of imide groups is 1. The fraction of sp³-hybridized carbons (Fsp3) is 0.111. The Labute approximate surface area is 148 Å². The molecule has 0 atom stereocenters. The van der Waals surface area contributed by atoms with Gasteiger partial charge in [0.2, 0.25) is 0 Å². The molecule has 4 nitrogen and oxygen atoms in total. The highest BCUT2D eigenvalue weighted by molar-refractivity contribution is 6.47. The quantitative estimate of drug-likeness (QED) is 0.803. The van der Waals surface area contributed by atoms with Gasteiger partial charge in [-0.1, -0.05) is 35.3 Å². The highest BCUT2D eigenvalue weighted by Gasteiger charge is 2.41. The van der Waals surface area contributed by atoms with Crippen molar-refractivity contribution >= 4 is 46.3 Å². The van der Waals surface area contributed by atoms with E-state index in [-0.39, 0.29) is 16.2 Å². The molecule has 0 radical (unpaired) electrons. The van der Waals surface area contributed by atoms with Crippen molar-refractivity contribution in [3.05, 3.63) is 68.9 Å². The number of benzene rings is 2. The van der Waals surface area contributed by atoms with Crippen LogP contribution in [0.4, 0.5) is 5.69 Å². The molecule has 0 saturated heterocycles. The van der Waals surface area contributed by atoms with Crippen molar-refractivity contribution in [2.45, 2.75) is 13.8 Å². The lowest BCUT2D eigenvalue weighted by atomic mass is 10.1. The molecule has 0 bridgehead atoms. The fourth-order valence-electron chi connectivity index (χ4n) is 2.55. The van der Waals surface area contributed by atoms with E-state index in [1.807, 2.05) is 19.9 Å². The van der Waals surface area contributed by atoms with E-state index in [4.69, 9.17) is 23.2 Å². The van der Waals surface area contributed by atoms with Crippen molar-refractivity contribution in [2.75, 3.05) is 4.90 Å². The largest absolute Gasteiger partial charge is 0.502 e. The summed E-state index contributed by atoms with van der Waals surface area (Å²) in [5.41, 5.74) is 2.52. The lowest BCUT2D eigenvalue weighted by molar-refractivity contribution is -0.121. The summed E-state index contributed by atoms with van der Waals surface area (Å²) in [5, 5.41) is 10.8. The Balaban J connectivity index is 2.09. The van der Waals surface area contributed by atoms with Crippen molar-refractivity contribution in [3.8, 4) is 0 Å². The fourth-order valence-corrected chi connectivity index (χ4v) is 3.06. The number of anilines is 1. The molecule has 3 rings (SSSR count). The topological polar surface area (TPSA) is 57.6 Å². The van der Waals surface area contributed by atoms with Gasteiger partial charge in [0.25, 0.3) is 5.91 Å². The summed E-state index contributed by atoms with van der Waals surface area (Å²) in [6, 6.07) is 9.71. The monoisotopic (exact) mass is 361 g/mol. The van der Waals surface area contributed by atoms with Crippen molar-refractivity contribution in [1.82, 2.24) is 0 Å². The number of hydrogen-bond acceptors (Lipinski definition) is 3. The van der Waals surface area contributed by atoms with Gasteiger partial charge < -0.3 is 5.11 Å². The van der Waals surface area contributed by atoms with Crippen LogP contribution in [0.3, 0.4) is 0 Å². The number of aliphatic hydroxyl groups excluding tert-OH is 1. The second-order valence-corrected chi connectivity index (χ2v) is 6.41. The minimum Gasteiger partial charge on any atom is -0.502 e. The Bertz CT molecular complexity index is 918. The molecule has 0 saturated carbocycles. The molecule has 24 heavy (non-hydrogen) atoms. The third-order valence-corrected chi connectivity index (χ3v) is 4.56. The first-order chi connectivity index (χ1) is 11.3. The van der Waals surface area contributed by atoms with Gasteiger partial charge in [0, 0.05) is 10.6 Å². The van der Waals surface area contributed by atoms with Crippen LogP contribution in [0.5, 0.6) is 0 Å². The molecule has 1 heterocycles. The molecule has 6 heteroatoms. The molecular weight excluding hydrogens is 349 g/mol. The summed E-state index contributed by atoms with van der Waals surface area (Å²) >= 11 is 12.0. The Morgan fingerprint density at radius 1 is 0.917 bits per heavy atom. The third-order valence-electron chi connectivity index (χ3n) is 4.01. The summed E-state index contributed by atoms with van der Waals surface area (Å²) in [7, 11) is 0. The maximum atomic E-state index is 12.8. The average Bonchev–Trinajstić information content (AvgIpc) is 2.73. The Kier molecular flexibility index (Phi) is 4.11. The van der Waals surface area contributed by atoms with Crippen molar-refractivity contribution in [2.24, 2.45) is 0 Å². The minimum absolute atomic E-state index is 0.125. The van der Waals surface area contributed by atoms with Crippen LogP contribution in [0.25, 0.3) is 5.57 Å². The van der Waals surface area contributed by atoms with Crippen LogP contribution >= 0.6 is 23.2 Å². The zero-order valence-electron chi connectivity index (χ0n) is 12.9. The summed E-state index contributed by atoms with van der Waals surface area (Å²) in [5.74, 6) is -2.02. The van der Waals surface area contributed by atoms with Gasteiger partial charge in [0.15, 0.2) is 5.76 Å². The first-order valence-electron chi connectivity index (χ1n) is 7.16. The zero-order chi connectivity index (χ0) is 17.6. The lowest BCUT2D eigenvalue weighted by Crippen LogP contribution is -2.31. The molecule has 1 N–H and O–H groups in total. The van der Waals surface area contributed by atoms with Crippen LogP contribution in [0.2, 0.25) is 10.0 Å². The van der Waals surface area contributed by atoms with Crippen molar-refractivity contribution in [3.63, 3.8) is 0 Å². The molecule has 122 valence electrons. The van der Waals surface area contributed by atoms with E-state index in [9.17, 15) is 14.7 Å². The lowest BCUT2D eigenvalue weighted by Gasteiger charge is -2.16. The minimum atomic E-state index is -0.774. The number of aryl methyl sites for hydroxylation is 2. The molecule has 0 aliphatic carbocycles. The van der Waals surface area contributed by atoms with Gasteiger partial charge >= 0.3 is 5.91 Å². The Morgan fingerprint density at radius 3 is 2.25 bits per heavy atom. The number of amides is 2. The molecule has 1 aliphatic rings. The number of rotatable bonds is 2. The number of nitrogens with zero attached hydrogens (tertiary/aromatic N) is 1. The third kappa shape index (κ3) is 2.58. The number of hydrogen-bond donors (Lipinski definition) is 1. The predicted octanol–water partition coefficient (Wildman–Crippen LogP) is 4.45. The number of aliphatic hydroxyl groups is 1. The van der Waals surface area contributed by atoms with Gasteiger partial charge in [-0.3, -0.25) is 9.59 Å². The zero-order valence-corrected chi connectivity index (χ0v) is 14.4. The maximum absolute atomic E-state index is 12.8. The van der Waals surface area contributed by atoms with Crippen LogP contribution in [-0.4, -0.2) is 16.9 Å². The summed E-state index contributed by atoms with van der Waals surface area (Å²) in [6.07, 6.45) is 0. The van der Waals surface area contributed by atoms with Gasteiger partial charge in [0.1, 0.15) is 0 Å². The summed E-state index contributed by atoms with van der Waals surface area (Å²) < 4.78 is 0. The standard InChI is InChI=1S/C18H13Cl2NO3/c1-9-3-5-12(7-10(9)2)21-17(23)15(16(22)18(21)24)13-6-4-11(19)8-14(13)20/h3-8,22H,1-2H3. The first-order valence-corrected chi connectivity index (χ1v) is 7.91. The molecule has 2 aromatic carbocycles.